The van der Waals surface area contributed by atoms with Crippen molar-refractivity contribution in [1.29, 1.82) is 0 Å². The molecule has 1 aromatic heterocycles. The lowest BCUT2D eigenvalue weighted by Gasteiger charge is -2.23. The van der Waals surface area contributed by atoms with Crippen molar-refractivity contribution in [3.63, 3.8) is 0 Å². The molecule has 0 saturated carbocycles. The topological polar surface area (TPSA) is 70.8 Å². The molecule has 31 heavy (non-hydrogen) atoms. The van der Waals surface area contributed by atoms with Crippen LogP contribution in [0.15, 0.2) is 74.5 Å². The lowest BCUT2D eigenvalue weighted by atomic mass is 10.1. The van der Waals surface area contributed by atoms with E-state index in [9.17, 15) is 14.7 Å². The van der Waals surface area contributed by atoms with Gasteiger partial charge in [0.25, 0.3) is 5.91 Å². The van der Waals surface area contributed by atoms with E-state index >= 15 is 0 Å². The van der Waals surface area contributed by atoms with Gasteiger partial charge in [-0.1, -0.05) is 76.3 Å². The van der Waals surface area contributed by atoms with E-state index in [1.165, 1.54) is 0 Å². The Hall–Kier alpha value is -2.68. The molecular weight excluding hydrogens is 498 g/mol. The fourth-order valence-electron chi connectivity index (χ4n) is 3.26. The standard InChI is InChI=1S/C23H16BrNO4S2/c1-13-7-9-16(17(24)11-13)18-10-8-15(29-18)12-19-21(26)25(23(30)31-19)20(22(27)28)14-5-3-2-4-6-14/h2-12,20H,1H3,(H,27,28)/b19-12-. The van der Waals surface area contributed by atoms with Crippen LogP contribution >= 0.6 is 39.9 Å². The first-order chi connectivity index (χ1) is 14.8. The summed E-state index contributed by atoms with van der Waals surface area (Å²) in [4.78, 5) is 26.5. The number of carboxylic acid groups (broad SMARTS) is 1. The second-order valence-corrected chi connectivity index (χ2v) is 9.42. The number of nitrogens with zero attached hydrogens (tertiary/aromatic N) is 1. The van der Waals surface area contributed by atoms with Gasteiger partial charge in [0.1, 0.15) is 15.8 Å². The van der Waals surface area contributed by atoms with Gasteiger partial charge >= 0.3 is 5.97 Å². The smallest absolute Gasteiger partial charge is 0.331 e. The average Bonchev–Trinajstić information content (AvgIpc) is 3.29. The first kappa shape index (κ1) is 21.5. The predicted octanol–water partition coefficient (Wildman–Crippen LogP) is 6.04. The number of carbonyl (C=O) groups excluding carboxylic acids is 1. The first-order valence-electron chi connectivity index (χ1n) is 9.26. The highest BCUT2D eigenvalue weighted by Crippen LogP contribution is 2.39. The zero-order valence-corrected chi connectivity index (χ0v) is 19.5. The SMILES string of the molecule is Cc1ccc(-c2ccc(/C=C3\SC(=S)N(C(C(=O)O)c4ccccc4)C3=O)o2)c(Br)c1. The third-order valence-corrected chi connectivity index (χ3v) is 6.71. The van der Waals surface area contributed by atoms with Crippen molar-refractivity contribution in [3.8, 4) is 11.3 Å². The first-order valence-corrected chi connectivity index (χ1v) is 11.3. The van der Waals surface area contributed by atoms with E-state index in [1.54, 1.807) is 42.5 Å². The van der Waals surface area contributed by atoms with E-state index in [1.807, 2.05) is 31.2 Å². The van der Waals surface area contributed by atoms with Gasteiger partial charge in [-0.15, -0.1) is 0 Å². The molecule has 1 fully saturated rings. The van der Waals surface area contributed by atoms with Crippen LogP contribution in [0.1, 0.15) is 22.9 Å². The van der Waals surface area contributed by atoms with Gasteiger partial charge in [0.05, 0.1) is 4.91 Å². The molecule has 5 nitrogen and oxygen atoms in total. The number of carbonyl (C=O) groups is 2. The van der Waals surface area contributed by atoms with E-state index in [4.69, 9.17) is 16.6 Å². The van der Waals surface area contributed by atoms with Crippen LogP contribution in [0.25, 0.3) is 17.4 Å². The molecule has 1 N–H and O–H groups in total. The summed E-state index contributed by atoms with van der Waals surface area (Å²) in [5.41, 5.74) is 2.50. The molecule has 1 saturated heterocycles. The number of carboxylic acids is 1. The number of halogens is 1. The molecule has 4 rings (SSSR count). The predicted molar refractivity (Wildman–Crippen MR) is 128 cm³/mol. The Morgan fingerprint density at radius 1 is 1.19 bits per heavy atom. The Kier molecular flexibility index (Phi) is 6.13. The average molecular weight is 514 g/mol. The molecule has 0 radical (unpaired) electrons. The summed E-state index contributed by atoms with van der Waals surface area (Å²) >= 11 is 9.95. The summed E-state index contributed by atoms with van der Waals surface area (Å²) in [5, 5.41) is 9.77. The van der Waals surface area contributed by atoms with Gasteiger partial charge in [0.15, 0.2) is 6.04 Å². The molecule has 156 valence electrons. The van der Waals surface area contributed by atoms with Crippen LogP contribution in [0.3, 0.4) is 0 Å². The Balaban J connectivity index is 1.63. The Labute approximate surface area is 196 Å². The van der Waals surface area contributed by atoms with Crippen LogP contribution in [0.4, 0.5) is 0 Å². The van der Waals surface area contributed by atoms with Crippen molar-refractivity contribution in [3.05, 3.63) is 86.9 Å². The summed E-state index contributed by atoms with van der Waals surface area (Å²) in [6, 6.07) is 16.9. The molecule has 2 aromatic carbocycles. The van der Waals surface area contributed by atoms with Crippen LogP contribution < -0.4 is 0 Å². The monoisotopic (exact) mass is 513 g/mol. The van der Waals surface area contributed by atoms with Gasteiger partial charge in [-0.05, 0) is 42.3 Å². The van der Waals surface area contributed by atoms with E-state index in [-0.39, 0.29) is 4.32 Å². The van der Waals surface area contributed by atoms with Crippen molar-refractivity contribution in [1.82, 2.24) is 4.90 Å². The molecular formula is C23H16BrNO4S2. The minimum absolute atomic E-state index is 0.195. The summed E-state index contributed by atoms with van der Waals surface area (Å²) in [7, 11) is 0. The fraction of sp³-hybridized carbons (Fsp3) is 0.0870. The normalized spacial score (nSPS) is 16.2. The molecule has 0 aliphatic carbocycles. The van der Waals surface area contributed by atoms with Crippen LogP contribution in [0.2, 0.25) is 0 Å². The quantitative estimate of drug-likeness (QED) is 0.331. The summed E-state index contributed by atoms with van der Waals surface area (Å²) in [5.74, 6) is -0.468. The van der Waals surface area contributed by atoms with E-state index in [0.29, 0.717) is 22.0 Å². The van der Waals surface area contributed by atoms with Gasteiger partial charge < -0.3 is 9.52 Å². The minimum Gasteiger partial charge on any atom is -0.479 e. The maximum absolute atomic E-state index is 13.0. The molecule has 0 bridgehead atoms. The lowest BCUT2D eigenvalue weighted by molar-refractivity contribution is -0.145. The third-order valence-electron chi connectivity index (χ3n) is 4.72. The van der Waals surface area contributed by atoms with E-state index < -0.39 is 17.9 Å². The number of thioether (sulfide) groups is 1. The lowest BCUT2D eigenvalue weighted by Crippen LogP contribution is -2.37. The van der Waals surface area contributed by atoms with Gasteiger partial charge in [0.2, 0.25) is 0 Å². The van der Waals surface area contributed by atoms with Crippen molar-refractivity contribution >= 4 is 62.2 Å². The van der Waals surface area contributed by atoms with Gasteiger partial charge in [-0.2, -0.15) is 0 Å². The fourth-order valence-corrected chi connectivity index (χ4v) is 5.25. The second kappa shape index (κ2) is 8.82. The maximum atomic E-state index is 13.0. The molecule has 1 unspecified atom stereocenters. The number of furan rings is 1. The van der Waals surface area contributed by atoms with Crippen molar-refractivity contribution in [2.75, 3.05) is 0 Å². The highest BCUT2D eigenvalue weighted by Gasteiger charge is 2.41. The van der Waals surface area contributed by atoms with Crippen molar-refractivity contribution < 1.29 is 19.1 Å². The number of benzene rings is 2. The number of aliphatic carboxylic acids is 1. The maximum Gasteiger partial charge on any atom is 0.331 e. The number of hydrogen-bond acceptors (Lipinski definition) is 5. The summed E-state index contributed by atoms with van der Waals surface area (Å²) < 4.78 is 7.02. The highest BCUT2D eigenvalue weighted by atomic mass is 79.9. The number of rotatable bonds is 5. The second-order valence-electron chi connectivity index (χ2n) is 6.89. The van der Waals surface area contributed by atoms with Crippen LogP contribution in [-0.2, 0) is 9.59 Å². The van der Waals surface area contributed by atoms with E-state index in [0.717, 1.165) is 32.3 Å². The van der Waals surface area contributed by atoms with E-state index in [2.05, 4.69) is 15.9 Å². The Bertz CT molecular complexity index is 1220. The third kappa shape index (κ3) is 4.37. The zero-order valence-electron chi connectivity index (χ0n) is 16.2. The minimum atomic E-state index is -1.18. The van der Waals surface area contributed by atoms with Crippen molar-refractivity contribution in [2.45, 2.75) is 13.0 Å². The molecule has 1 aliphatic heterocycles. The Morgan fingerprint density at radius 2 is 1.94 bits per heavy atom. The zero-order chi connectivity index (χ0) is 22.1. The molecule has 2 heterocycles. The van der Waals surface area contributed by atoms with Gasteiger partial charge in [0, 0.05) is 16.1 Å². The van der Waals surface area contributed by atoms with Gasteiger partial charge in [-0.25, -0.2) is 4.79 Å². The number of thiocarbonyl (C=S) groups is 1. The largest absolute Gasteiger partial charge is 0.479 e. The molecule has 3 aromatic rings. The number of aryl methyl sites for hydroxylation is 1. The summed E-state index contributed by atoms with van der Waals surface area (Å²) in [6.45, 7) is 2.00. The molecule has 1 atom stereocenters. The number of amides is 1. The van der Waals surface area contributed by atoms with Gasteiger partial charge in [-0.3, -0.25) is 9.69 Å². The highest BCUT2D eigenvalue weighted by molar-refractivity contribution is 9.10. The van der Waals surface area contributed by atoms with Crippen LogP contribution in [-0.4, -0.2) is 26.2 Å². The molecule has 8 heteroatoms. The Morgan fingerprint density at radius 3 is 2.61 bits per heavy atom. The number of hydrogen-bond donors (Lipinski definition) is 1. The molecule has 1 aliphatic rings. The van der Waals surface area contributed by atoms with Crippen molar-refractivity contribution in [2.24, 2.45) is 0 Å². The van der Waals surface area contributed by atoms with Crippen LogP contribution in [0.5, 0.6) is 0 Å². The molecule has 1 amide bonds. The summed E-state index contributed by atoms with van der Waals surface area (Å²) in [6.07, 6.45) is 1.59. The van der Waals surface area contributed by atoms with Crippen LogP contribution in [0, 0.1) is 6.92 Å². The molecule has 0 spiro atoms.